The molecule has 19 heavy (non-hydrogen) atoms. The van der Waals surface area contributed by atoms with Crippen LogP contribution in [0.2, 0.25) is 5.02 Å². The van der Waals surface area contributed by atoms with Crippen molar-refractivity contribution < 1.29 is 14.2 Å². The summed E-state index contributed by atoms with van der Waals surface area (Å²) in [7, 11) is 3.49. The Morgan fingerprint density at radius 3 is 2.79 bits per heavy atom. The number of benzene rings is 1. The molecule has 1 aromatic rings. The van der Waals surface area contributed by atoms with E-state index in [4.69, 9.17) is 25.8 Å². The van der Waals surface area contributed by atoms with Gasteiger partial charge in [0.15, 0.2) is 18.3 Å². The maximum absolute atomic E-state index is 6.21. The average Bonchev–Trinajstić information content (AvgIpc) is 3.20. The first-order valence-electron chi connectivity index (χ1n) is 6.46. The zero-order valence-electron chi connectivity index (χ0n) is 11.4. The molecule has 5 heteroatoms. The van der Waals surface area contributed by atoms with Crippen LogP contribution in [0.4, 0.5) is 0 Å². The quantitative estimate of drug-likeness (QED) is 0.589. The van der Waals surface area contributed by atoms with E-state index in [2.05, 4.69) is 5.32 Å². The number of methoxy groups -OCH3 is 1. The van der Waals surface area contributed by atoms with Gasteiger partial charge in [0.2, 0.25) is 0 Å². The Hall–Kier alpha value is -0.970. The zero-order chi connectivity index (χ0) is 13.7. The van der Waals surface area contributed by atoms with Crippen molar-refractivity contribution in [2.45, 2.75) is 19.4 Å². The molecule has 2 rings (SSSR count). The van der Waals surface area contributed by atoms with Gasteiger partial charge in [-0.15, -0.1) is 0 Å². The van der Waals surface area contributed by atoms with Crippen molar-refractivity contribution in [3.63, 3.8) is 0 Å². The Bertz CT molecular complexity index is 421. The van der Waals surface area contributed by atoms with Crippen LogP contribution in [0.1, 0.15) is 18.4 Å². The fraction of sp³-hybridized carbons (Fsp3) is 0.571. The molecule has 0 aliphatic heterocycles. The summed E-state index contributed by atoms with van der Waals surface area (Å²) in [5.74, 6) is 1.89. The van der Waals surface area contributed by atoms with Crippen LogP contribution in [0.25, 0.3) is 0 Å². The number of halogens is 1. The molecule has 1 saturated carbocycles. The van der Waals surface area contributed by atoms with Gasteiger partial charge in [0.25, 0.3) is 0 Å². The van der Waals surface area contributed by atoms with Crippen LogP contribution in [-0.4, -0.2) is 27.6 Å². The highest BCUT2D eigenvalue weighted by molar-refractivity contribution is 6.32. The second kappa shape index (κ2) is 6.98. The molecule has 0 atom stereocenters. The Balaban J connectivity index is 1.96. The van der Waals surface area contributed by atoms with Crippen LogP contribution in [0.15, 0.2) is 12.1 Å². The highest BCUT2D eigenvalue weighted by atomic mass is 35.5. The molecule has 0 aromatic heterocycles. The van der Waals surface area contributed by atoms with Crippen molar-refractivity contribution >= 4 is 11.6 Å². The molecule has 1 aromatic carbocycles. The highest BCUT2D eigenvalue weighted by Gasteiger charge is 2.21. The van der Waals surface area contributed by atoms with Crippen molar-refractivity contribution in [2.24, 2.45) is 5.92 Å². The lowest BCUT2D eigenvalue weighted by Gasteiger charge is -2.14. The second-order valence-corrected chi connectivity index (χ2v) is 5.12. The molecule has 0 heterocycles. The Morgan fingerprint density at radius 1 is 1.37 bits per heavy atom. The molecule has 4 nitrogen and oxygen atoms in total. The summed E-state index contributed by atoms with van der Waals surface area (Å²) in [6.45, 7) is 1.70. The van der Waals surface area contributed by atoms with E-state index in [1.807, 2.05) is 19.2 Å². The SMILES string of the molecule is CNCc1cc(Cl)c(OCOCC2CC2)c(OC)c1. The molecule has 1 fully saturated rings. The number of hydrogen-bond acceptors (Lipinski definition) is 4. The van der Waals surface area contributed by atoms with Gasteiger partial charge in [-0.25, -0.2) is 0 Å². The minimum atomic E-state index is 0.206. The van der Waals surface area contributed by atoms with E-state index in [1.165, 1.54) is 12.8 Å². The number of rotatable bonds is 8. The minimum absolute atomic E-state index is 0.206. The smallest absolute Gasteiger partial charge is 0.189 e. The topological polar surface area (TPSA) is 39.7 Å². The molecule has 1 aliphatic rings. The first kappa shape index (κ1) is 14.4. The molecule has 1 N–H and O–H groups in total. The largest absolute Gasteiger partial charge is 0.493 e. The summed E-state index contributed by atoms with van der Waals surface area (Å²) >= 11 is 6.21. The Morgan fingerprint density at radius 2 is 2.16 bits per heavy atom. The van der Waals surface area contributed by atoms with E-state index in [0.29, 0.717) is 16.5 Å². The van der Waals surface area contributed by atoms with Gasteiger partial charge in [0.05, 0.1) is 18.7 Å². The van der Waals surface area contributed by atoms with E-state index in [-0.39, 0.29) is 6.79 Å². The fourth-order valence-corrected chi connectivity index (χ4v) is 2.11. The first-order chi connectivity index (χ1) is 9.24. The number of hydrogen-bond donors (Lipinski definition) is 1. The van der Waals surface area contributed by atoms with Gasteiger partial charge in [-0.1, -0.05) is 11.6 Å². The molecule has 0 spiro atoms. The lowest BCUT2D eigenvalue weighted by atomic mass is 10.2. The molecule has 106 valence electrons. The van der Waals surface area contributed by atoms with Crippen molar-refractivity contribution in [1.29, 1.82) is 0 Å². The molecule has 0 radical (unpaired) electrons. The summed E-state index contributed by atoms with van der Waals surface area (Å²) in [6, 6.07) is 3.79. The van der Waals surface area contributed by atoms with Gasteiger partial charge in [-0.05, 0) is 43.5 Å². The normalized spacial score (nSPS) is 14.5. The van der Waals surface area contributed by atoms with E-state index in [9.17, 15) is 0 Å². The summed E-state index contributed by atoms with van der Waals surface area (Å²) < 4.78 is 16.3. The van der Waals surface area contributed by atoms with Crippen LogP contribution in [0.5, 0.6) is 11.5 Å². The molecule has 0 unspecified atom stereocenters. The third kappa shape index (κ3) is 4.27. The predicted molar refractivity (Wildman–Crippen MR) is 74.9 cm³/mol. The molecular formula is C14H20ClNO3. The fourth-order valence-electron chi connectivity index (χ4n) is 1.82. The van der Waals surface area contributed by atoms with Gasteiger partial charge in [0, 0.05) is 6.54 Å². The van der Waals surface area contributed by atoms with Gasteiger partial charge >= 0.3 is 0 Å². The van der Waals surface area contributed by atoms with Crippen LogP contribution in [0, 0.1) is 5.92 Å². The van der Waals surface area contributed by atoms with Crippen LogP contribution in [0.3, 0.4) is 0 Å². The Kier molecular flexibility index (Phi) is 5.31. The van der Waals surface area contributed by atoms with E-state index in [1.54, 1.807) is 7.11 Å². The van der Waals surface area contributed by atoms with Crippen LogP contribution < -0.4 is 14.8 Å². The lowest BCUT2D eigenvalue weighted by Crippen LogP contribution is -2.08. The van der Waals surface area contributed by atoms with Gasteiger partial charge in [-0.3, -0.25) is 0 Å². The lowest BCUT2D eigenvalue weighted by molar-refractivity contribution is 0.00870. The molecule has 0 saturated heterocycles. The Labute approximate surface area is 119 Å². The monoisotopic (exact) mass is 285 g/mol. The maximum Gasteiger partial charge on any atom is 0.189 e. The molecule has 0 amide bonds. The maximum atomic E-state index is 6.21. The molecule has 1 aliphatic carbocycles. The standard InChI is InChI=1S/C14H20ClNO3/c1-16-7-11-5-12(15)14(13(6-11)17-2)19-9-18-8-10-3-4-10/h5-6,10,16H,3-4,7-9H2,1-2H3. The molecule has 0 bridgehead atoms. The van der Waals surface area contributed by atoms with Crippen molar-refractivity contribution in [3.05, 3.63) is 22.7 Å². The van der Waals surface area contributed by atoms with Gasteiger partial charge in [0.1, 0.15) is 0 Å². The van der Waals surface area contributed by atoms with Crippen molar-refractivity contribution in [2.75, 3.05) is 27.6 Å². The summed E-state index contributed by atoms with van der Waals surface area (Å²) in [5, 5.41) is 3.62. The van der Waals surface area contributed by atoms with Gasteiger partial charge < -0.3 is 19.5 Å². The average molecular weight is 286 g/mol. The predicted octanol–water partition coefficient (Wildman–Crippen LogP) is 2.83. The highest BCUT2D eigenvalue weighted by Crippen LogP contribution is 2.36. The van der Waals surface area contributed by atoms with Crippen molar-refractivity contribution in [1.82, 2.24) is 5.32 Å². The molecular weight excluding hydrogens is 266 g/mol. The third-order valence-electron chi connectivity index (χ3n) is 3.01. The summed E-state index contributed by atoms with van der Waals surface area (Å²) in [6.07, 6.45) is 2.53. The first-order valence-corrected chi connectivity index (χ1v) is 6.84. The van der Waals surface area contributed by atoms with E-state index in [0.717, 1.165) is 24.6 Å². The summed E-state index contributed by atoms with van der Waals surface area (Å²) in [4.78, 5) is 0. The minimum Gasteiger partial charge on any atom is -0.493 e. The number of nitrogens with one attached hydrogen (secondary N) is 1. The van der Waals surface area contributed by atoms with E-state index < -0.39 is 0 Å². The summed E-state index contributed by atoms with van der Waals surface area (Å²) in [5.41, 5.74) is 1.05. The third-order valence-corrected chi connectivity index (χ3v) is 3.29. The number of ether oxygens (including phenoxy) is 3. The van der Waals surface area contributed by atoms with Crippen LogP contribution >= 0.6 is 11.6 Å². The second-order valence-electron chi connectivity index (χ2n) is 4.72. The van der Waals surface area contributed by atoms with Gasteiger partial charge in [-0.2, -0.15) is 0 Å². The zero-order valence-corrected chi connectivity index (χ0v) is 12.1. The van der Waals surface area contributed by atoms with Crippen LogP contribution in [-0.2, 0) is 11.3 Å². The van der Waals surface area contributed by atoms with Crippen molar-refractivity contribution in [3.8, 4) is 11.5 Å². The van der Waals surface area contributed by atoms with E-state index >= 15 is 0 Å².